The van der Waals surface area contributed by atoms with E-state index in [1.54, 1.807) is 10.6 Å². The van der Waals surface area contributed by atoms with Crippen molar-refractivity contribution in [2.75, 3.05) is 18.9 Å². The van der Waals surface area contributed by atoms with Gasteiger partial charge in [0.1, 0.15) is 17.2 Å². The molecule has 0 unspecified atom stereocenters. The zero-order chi connectivity index (χ0) is 22.0. The van der Waals surface area contributed by atoms with Gasteiger partial charge < -0.3 is 5.32 Å². The lowest BCUT2D eigenvalue weighted by molar-refractivity contribution is -0.116. The Hall–Kier alpha value is -3.20. The van der Waals surface area contributed by atoms with Gasteiger partial charge in [-0.25, -0.2) is 13.4 Å². The van der Waals surface area contributed by atoms with Gasteiger partial charge in [-0.15, -0.1) is 0 Å². The number of nitrogens with zero attached hydrogens (tertiary/aromatic N) is 3. The molecular weight excluding hydrogens is 436 g/mol. The maximum atomic E-state index is 12.8. The molecule has 31 heavy (non-hydrogen) atoms. The minimum Gasteiger partial charge on any atom is -0.309 e. The van der Waals surface area contributed by atoms with E-state index in [2.05, 4.69) is 10.3 Å². The molecule has 4 rings (SSSR count). The quantitative estimate of drug-likeness (QED) is 0.478. The number of benzene rings is 2. The Morgan fingerprint density at radius 2 is 1.71 bits per heavy atom. The molecule has 9 heteroatoms. The van der Waals surface area contributed by atoms with Gasteiger partial charge in [0.05, 0.1) is 11.4 Å². The largest absolute Gasteiger partial charge is 0.309 e. The van der Waals surface area contributed by atoms with Crippen LogP contribution >= 0.6 is 11.6 Å². The number of carbonyl (C=O) groups excluding carboxylic acids is 1. The van der Waals surface area contributed by atoms with Gasteiger partial charge in [0.2, 0.25) is 15.9 Å². The second-order valence-electron chi connectivity index (χ2n) is 6.87. The summed E-state index contributed by atoms with van der Waals surface area (Å²) >= 11 is 5.84. The molecule has 0 radical (unpaired) electrons. The molecular formula is C22H19ClN4O3S. The summed E-state index contributed by atoms with van der Waals surface area (Å²) in [7, 11) is -2.49. The summed E-state index contributed by atoms with van der Waals surface area (Å²) in [5, 5.41) is 3.26. The van der Waals surface area contributed by atoms with E-state index in [0.717, 1.165) is 9.87 Å². The number of likely N-dealkylation sites (N-methyl/N-ethyl adjacent to an activating group) is 1. The fourth-order valence-corrected chi connectivity index (χ4v) is 4.41. The topological polar surface area (TPSA) is 83.8 Å². The van der Waals surface area contributed by atoms with Gasteiger partial charge in [0.25, 0.3) is 0 Å². The molecule has 4 aromatic rings. The number of carbonyl (C=O) groups is 1. The summed E-state index contributed by atoms with van der Waals surface area (Å²) < 4.78 is 28.3. The third kappa shape index (κ3) is 4.32. The highest BCUT2D eigenvalue weighted by atomic mass is 35.5. The third-order valence-electron chi connectivity index (χ3n) is 4.72. The summed E-state index contributed by atoms with van der Waals surface area (Å²) in [6.07, 6.45) is 1.79. The number of sulfonamides is 1. The van der Waals surface area contributed by atoms with Crippen LogP contribution in [0.3, 0.4) is 0 Å². The summed E-state index contributed by atoms with van der Waals surface area (Å²) in [5.74, 6) is -0.00744. The van der Waals surface area contributed by atoms with Crippen molar-refractivity contribution in [1.29, 1.82) is 0 Å². The fraction of sp³-hybridized carbons (Fsp3) is 0.0909. The molecule has 1 N–H and O–H groups in total. The van der Waals surface area contributed by atoms with Crippen LogP contribution in [-0.4, -0.2) is 41.6 Å². The summed E-state index contributed by atoms with van der Waals surface area (Å²) in [6.45, 7) is -0.362. The zero-order valence-corrected chi connectivity index (χ0v) is 18.1. The number of fused-ring (bicyclic) bond motifs is 1. The number of rotatable bonds is 6. The Bertz CT molecular complexity index is 1340. The lowest BCUT2D eigenvalue weighted by Gasteiger charge is -2.17. The zero-order valence-electron chi connectivity index (χ0n) is 16.6. The SMILES string of the molecule is CN(CC(=O)Nc1c(-c2ccccc2)nc2ccccn12)S(=O)(=O)c1ccc(Cl)cc1. The predicted molar refractivity (Wildman–Crippen MR) is 121 cm³/mol. The van der Waals surface area contributed by atoms with E-state index in [-0.39, 0.29) is 11.4 Å². The molecule has 2 aromatic heterocycles. The first-order valence-corrected chi connectivity index (χ1v) is 11.2. The Morgan fingerprint density at radius 1 is 1.03 bits per heavy atom. The molecule has 0 saturated heterocycles. The van der Waals surface area contributed by atoms with Gasteiger partial charge in [-0.2, -0.15) is 4.31 Å². The highest BCUT2D eigenvalue weighted by molar-refractivity contribution is 7.89. The van der Waals surface area contributed by atoms with Crippen LogP contribution in [0.15, 0.2) is 83.9 Å². The molecule has 0 atom stereocenters. The minimum atomic E-state index is -3.84. The summed E-state index contributed by atoms with van der Waals surface area (Å²) in [6, 6.07) is 20.8. The molecule has 2 aromatic carbocycles. The number of aromatic nitrogens is 2. The fourth-order valence-electron chi connectivity index (χ4n) is 3.16. The van der Waals surface area contributed by atoms with Crippen LogP contribution in [0.2, 0.25) is 5.02 Å². The number of halogens is 1. The van der Waals surface area contributed by atoms with Gasteiger partial charge >= 0.3 is 0 Å². The van der Waals surface area contributed by atoms with Gasteiger partial charge in [-0.05, 0) is 36.4 Å². The van der Waals surface area contributed by atoms with E-state index >= 15 is 0 Å². The number of imidazole rings is 1. The second-order valence-corrected chi connectivity index (χ2v) is 9.35. The number of hydrogen-bond acceptors (Lipinski definition) is 4. The monoisotopic (exact) mass is 454 g/mol. The summed E-state index contributed by atoms with van der Waals surface area (Å²) in [5.41, 5.74) is 2.10. The van der Waals surface area contributed by atoms with E-state index in [0.29, 0.717) is 22.2 Å². The van der Waals surface area contributed by atoms with Crippen LogP contribution < -0.4 is 5.32 Å². The predicted octanol–water partition coefficient (Wildman–Crippen LogP) is 3.91. The number of nitrogens with one attached hydrogen (secondary N) is 1. The van der Waals surface area contributed by atoms with E-state index in [9.17, 15) is 13.2 Å². The summed E-state index contributed by atoms with van der Waals surface area (Å²) in [4.78, 5) is 17.5. The van der Waals surface area contributed by atoms with Gasteiger partial charge in [-0.1, -0.05) is 48.0 Å². The normalized spacial score (nSPS) is 11.7. The Kier molecular flexibility index (Phi) is 5.77. The standard InChI is InChI=1S/C22H19ClN4O3S/c1-26(31(29,30)18-12-10-17(23)11-13-18)15-20(28)25-22-21(16-7-3-2-4-8-16)24-19-9-5-6-14-27(19)22/h2-14H,15H2,1H3,(H,25,28). The Balaban J connectivity index is 1.61. The van der Waals surface area contributed by atoms with Crippen LogP contribution in [0.25, 0.3) is 16.9 Å². The van der Waals surface area contributed by atoms with Crippen LogP contribution in [-0.2, 0) is 14.8 Å². The number of hydrogen-bond donors (Lipinski definition) is 1. The van der Waals surface area contributed by atoms with E-state index < -0.39 is 15.9 Å². The molecule has 0 aliphatic carbocycles. The second kappa shape index (κ2) is 8.50. The van der Waals surface area contributed by atoms with Crippen molar-refractivity contribution in [2.45, 2.75) is 4.90 Å². The first kappa shape index (κ1) is 21.0. The molecule has 0 aliphatic rings. The van der Waals surface area contributed by atoms with E-state index in [4.69, 9.17) is 11.6 Å². The van der Waals surface area contributed by atoms with Crippen molar-refractivity contribution in [2.24, 2.45) is 0 Å². The van der Waals surface area contributed by atoms with Crippen LogP contribution in [0.1, 0.15) is 0 Å². The van der Waals surface area contributed by atoms with Crippen LogP contribution in [0, 0.1) is 0 Å². The number of anilines is 1. The average Bonchev–Trinajstić information content (AvgIpc) is 3.13. The Labute approximate surface area is 185 Å². The van der Waals surface area contributed by atoms with Crippen LogP contribution in [0.4, 0.5) is 5.82 Å². The van der Waals surface area contributed by atoms with Crippen molar-refractivity contribution < 1.29 is 13.2 Å². The smallest absolute Gasteiger partial charge is 0.243 e. The maximum absolute atomic E-state index is 12.8. The molecule has 0 bridgehead atoms. The number of amides is 1. The average molecular weight is 455 g/mol. The Morgan fingerprint density at radius 3 is 2.42 bits per heavy atom. The van der Waals surface area contributed by atoms with Crippen molar-refractivity contribution in [3.05, 3.63) is 84.0 Å². The van der Waals surface area contributed by atoms with E-state index in [1.807, 2.05) is 48.5 Å². The third-order valence-corrected chi connectivity index (χ3v) is 6.79. The van der Waals surface area contributed by atoms with Gasteiger partial charge in [-0.3, -0.25) is 9.20 Å². The first-order chi connectivity index (χ1) is 14.9. The molecule has 1 amide bonds. The first-order valence-electron chi connectivity index (χ1n) is 9.40. The van der Waals surface area contributed by atoms with Crippen molar-refractivity contribution in [3.63, 3.8) is 0 Å². The maximum Gasteiger partial charge on any atom is 0.243 e. The lowest BCUT2D eigenvalue weighted by Crippen LogP contribution is -2.35. The molecule has 0 spiro atoms. The highest BCUT2D eigenvalue weighted by Gasteiger charge is 2.24. The highest BCUT2D eigenvalue weighted by Crippen LogP contribution is 2.28. The lowest BCUT2D eigenvalue weighted by atomic mass is 10.1. The van der Waals surface area contributed by atoms with Crippen molar-refractivity contribution in [3.8, 4) is 11.3 Å². The number of pyridine rings is 1. The minimum absolute atomic E-state index is 0.0620. The van der Waals surface area contributed by atoms with Gasteiger partial charge in [0, 0.05) is 23.8 Å². The molecule has 7 nitrogen and oxygen atoms in total. The van der Waals surface area contributed by atoms with Crippen molar-refractivity contribution in [1.82, 2.24) is 13.7 Å². The molecule has 0 saturated carbocycles. The van der Waals surface area contributed by atoms with E-state index in [1.165, 1.54) is 31.3 Å². The van der Waals surface area contributed by atoms with Gasteiger partial charge in [0.15, 0.2) is 0 Å². The molecule has 2 heterocycles. The molecule has 0 aliphatic heterocycles. The van der Waals surface area contributed by atoms with Crippen LogP contribution in [0.5, 0.6) is 0 Å². The molecule has 158 valence electrons. The van der Waals surface area contributed by atoms with Crippen molar-refractivity contribution >= 4 is 39.0 Å². The molecule has 0 fully saturated rings.